The van der Waals surface area contributed by atoms with Crippen molar-refractivity contribution < 1.29 is 9.00 Å². The molecule has 0 aliphatic carbocycles. The van der Waals surface area contributed by atoms with Gasteiger partial charge in [0.1, 0.15) is 0 Å². The van der Waals surface area contributed by atoms with Gasteiger partial charge in [-0.15, -0.1) is 0 Å². The monoisotopic (exact) mass is 232 g/mol. The van der Waals surface area contributed by atoms with Gasteiger partial charge in [0.15, 0.2) is 0 Å². The molecule has 0 aromatic carbocycles. The van der Waals surface area contributed by atoms with E-state index in [1.54, 1.807) is 6.26 Å². The first-order valence-electron chi connectivity index (χ1n) is 5.34. The second kappa shape index (κ2) is 5.61. The van der Waals surface area contributed by atoms with Crippen LogP contribution in [0.5, 0.6) is 0 Å². The van der Waals surface area contributed by atoms with Gasteiger partial charge in [0, 0.05) is 28.9 Å². The molecule has 0 aromatic heterocycles. The van der Waals surface area contributed by atoms with Crippen LogP contribution in [-0.2, 0) is 15.6 Å². The fourth-order valence-electron chi connectivity index (χ4n) is 1.91. The van der Waals surface area contributed by atoms with Crippen LogP contribution >= 0.6 is 0 Å². The van der Waals surface area contributed by atoms with Crippen molar-refractivity contribution in [2.75, 3.05) is 18.6 Å². The largest absolute Gasteiger partial charge is 0.351 e. The third kappa shape index (κ3) is 3.91. The summed E-state index contributed by atoms with van der Waals surface area (Å²) in [6.45, 7) is 4.87. The van der Waals surface area contributed by atoms with Crippen molar-refractivity contribution in [3.8, 4) is 0 Å². The number of amides is 1. The van der Waals surface area contributed by atoms with Crippen LogP contribution < -0.4 is 10.6 Å². The molecule has 0 bridgehead atoms. The van der Waals surface area contributed by atoms with E-state index in [4.69, 9.17) is 0 Å². The maximum atomic E-state index is 11.8. The summed E-state index contributed by atoms with van der Waals surface area (Å²) in [5, 5.41) is 6.07. The molecule has 5 heteroatoms. The van der Waals surface area contributed by atoms with Crippen molar-refractivity contribution in [2.45, 2.75) is 32.4 Å². The van der Waals surface area contributed by atoms with Crippen LogP contribution in [0.2, 0.25) is 0 Å². The maximum absolute atomic E-state index is 11.8. The van der Waals surface area contributed by atoms with Gasteiger partial charge >= 0.3 is 0 Å². The average Bonchev–Trinajstić information content (AvgIpc) is 2.49. The Labute approximate surface area is 93.7 Å². The molecule has 2 N–H and O–H groups in total. The van der Waals surface area contributed by atoms with Crippen molar-refractivity contribution in [3.63, 3.8) is 0 Å². The molecular formula is C10H20N2O2S. The van der Waals surface area contributed by atoms with E-state index in [-0.39, 0.29) is 18.0 Å². The minimum Gasteiger partial charge on any atom is -0.351 e. The molecule has 4 unspecified atom stereocenters. The van der Waals surface area contributed by atoms with Gasteiger partial charge in [-0.05, 0) is 25.8 Å². The Bertz CT molecular complexity index is 258. The highest BCUT2D eigenvalue weighted by Gasteiger charge is 2.29. The highest BCUT2D eigenvalue weighted by Crippen LogP contribution is 2.14. The van der Waals surface area contributed by atoms with E-state index in [0.717, 1.165) is 13.0 Å². The molecule has 4 nitrogen and oxygen atoms in total. The van der Waals surface area contributed by atoms with Crippen molar-refractivity contribution in [1.82, 2.24) is 10.6 Å². The smallest absolute Gasteiger partial charge is 0.237 e. The third-order valence-corrected chi connectivity index (χ3v) is 3.66. The first-order valence-corrected chi connectivity index (χ1v) is 7.07. The molecule has 1 aliphatic rings. The Kier molecular flexibility index (Phi) is 4.73. The summed E-state index contributed by atoms with van der Waals surface area (Å²) in [5.74, 6) is 0.953. The van der Waals surface area contributed by atoms with Crippen molar-refractivity contribution in [3.05, 3.63) is 0 Å². The normalized spacial score (nSPS) is 29.8. The van der Waals surface area contributed by atoms with Crippen LogP contribution in [0, 0.1) is 5.92 Å². The van der Waals surface area contributed by atoms with E-state index >= 15 is 0 Å². The lowest BCUT2D eigenvalue weighted by molar-refractivity contribution is -0.124. The van der Waals surface area contributed by atoms with Crippen LogP contribution in [0.3, 0.4) is 0 Å². The maximum Gasteiger partial charge on any atom is 0.237 e. The molecular weight excluding hydrogens is 212 g/mol. The number of rotatable bonds is 4. The number of hydrogen-bond acceptors (Lipinski definition) is 3. The molecule has 1 aliphatic heterocycles. The summed E-state index contributed by atoms with van der Waals surface area (Å²) >= 11 is 0. The zero-order valence-corrected chi connectivity index (χ0v) is 10.4. The summed E-state index contributed by atoms with van der Waals surface area (Å²) in [5.41, 5.74) is 0. The number of nitrogens with one attached hydrogen (secondary N) is 2. The SMILES string of the molecule is CC(CS(C)=O)NC(=O)C1NCCC1C. The Hall–Kier alpha value is -0.420. The van der Waals surface area contributed by atoms with Gasteiger partial charge in [-0.25, -0.2) is 0 Å². The van der Waals surface area contributed by atoms with Gasteiger partial charge in [0.25, 0.3) is 0 Å². The van der Waals surface area contributed by atoms with Gasteiger partial charge in [0.2, 0.25) is 5.91 Å². The molecule has 0 spiro atoms. The zero-order valence-electron chi connectivity index (χ0n) is 9.58. The summed E-state index contributed by atoms with van der Waals surface area (Å²) in [6.07, 6.45) is 2.70. The lowest BCUT2D eigenvalue weighted by atomic mass is 10.0. The van der Waals surface area contributed by atoms with E-state index in [0.29, 0.717) is 11.7 Å². The third-order valence-electron chi connectivity index (χ3n) is 2.69. The topological polar surface area (TPSA) is 58.2 Å². The fourth-order valence-corrected chi connectivity index (χ4v) is 2.70. The van der Waals surface area contributed by atoms with Gasteiger partial charge in [-0.3, -0.25) is 9.00 Å². The molecule has 1 heterocycles. The van der Waals surface area contributed by atoms with Crippen molar-refractivity contribution in [1.29, 1.82) is 0 Å². The Morgan fingerprint density at radius 2 is 2.33 bits per heavy atom. The Balaban J connectivity index is 2.37. The molecule has 88 valence electrons. The average molecular weight is 232 g/mol. The molecule has 1 rings (SSSR count). The van der Waals surface area contributed by atoms with Gasteiger partial charge in [0.05, 0.1) is 6.04 Å². The summed E-state index contributed by atoms with van der Waals surface area (Å²) in [4.78, 5) is 11.8. The molecule has 0 saturated carbocycles. The summed E-state index contributed by atoms with van der Waals surface area (Å²) < 4.78 is 11.0. The molecule has 0 radical (unpaired) electrons. The standard InChI is InChI=1S/C10H20N2O2S/c1-7-4-5-11-9(7)10(13)12-8(2)6-15(3)14/h7-9,11H,4-6H2,1-3H3,(H,12,13). The molecule has 15 heavy (non-hydrogen) atoms. The van der Waals surface area contributed by atoms with E-state index < -0.39 is 10.8 Å². The lowest BCUT2D eigenvalue weighted by Gasteiger charge is -2.19. The molecule has 1 amide bonds. The van der Waals surface area contributed by atoms with E-state index in [2.05, 4.69) is 17.6 Å². The van der Waals surface area contributed by atoms with Gasteiger partial charge in [-0.2, -0.15) is 0 Å². The van der Waals surface area contributed by atoms with E-state index in [1.807, 2.05) is 6.92 Å². The highest BCUT2D eigenvalue weighted by molar-refractivity contribution is 7.84. The number of hydrogen-bond donors (Lipinski definition) is 2. The molecule has 0 aromatic rings. The minimum absolute atomic E-state index is 0.0158. The fraction of sp³-hybridized carbons (Fsp3) is 0.900. The van der Waals surface area contributed by atoms with Crippen LogP contribution in [0.1, 0.15) is 20.3 Å². The van der Waals surface area contributed by atoms with Crippen molar-refractivity contribution >= 4 is 16.7 Å². The van der Waals surface area contributed by atoms with Gasteiger partial charge in [-0.1, -0.05) is 6.92 Å². The molecule has 1 saturated heterocycles. The Morgan fingerprint density at radius 3 is 2.80 bits per heavy atom. The van der Waals surface area contributed by atoms with Crippen LogP contribution in [0.25, 0.3) is 0 Å². The predicted molar refractivity (Wildman–Crippen MR) is 62.1 cm³/mol. The predicted octanol–water partition coefficient (Wildman–Crippen LogP) is -0.132. The summed E-state index contributed by atoms with van der Waals surface area (Å²) in [6, 6.07) is -0.0873. The quantitative estimate of drug-likeness (QED) is 0.710. The lowest BCUT2D eigenvalue weighted by Crippen LogP contribution is -2.47. The second-order valence-electron chi connectivity index (χ2n) is 4.35. The van der Waals surface area contributed by atoms with Crippen LogP contribution in [-0.4, -0.2) is 40.8 Å². The first kappa shape index (κ1) is 12.6. The molecule has 4 atom stereocenters. The highest BCUT2D eigenvalue weighted by atomic mass is 32.2. The summed E-state index contributed by atoms with van der Waals surface area (Å²) in [7, 11) is -0.857. The van der Waals surface area contributed by atoms with Gasteiger partial charge < -0.3 is 10.6 Å². The Morgan fingerprint density at radius 1 is 1.67 bits per heavy atom. The van der Waals surface area contributed by atoms with Crippen molar-refractivity contribution in [2.24, 2.45) is 5.92 Å². The van der Waals surface area contributed by atoms with Crippen LogP contribution in [0.15, 0.2) is 0 Å². The van der Waals surface area contributed by atoms with E-state index in [9.17, 15) is 9.00 Å². The minimum atomic E-state index is -0.857. The zero-order chi connectivity index (χ0) is 11.4. The molecule has 1 fully saturated rings. The number of carbonyl (C=O) groups is 1. The van der Waals surface area contributed by atoms with E-state index in [1.165, 1.54) is 0 Å². The second-order valence-corrected chi connectivity index (χ2v) is 5.83. The number of carbonyl (C=O) groups excluding carboxylic acids is 1. The van der Waals surface area contributed by atoms with Crippen LogP contribution in [0.4, 0.5) is 0 Å². The first-order chi connectivity index (χ1) is 7.00.